The topological polar surface area (TPSA) is 52.9 Å². The Morgan fingerprint density at radius 3 is 2.10 bits per heavy atom. The number of hydrogen-bond donors (Lipinski definition) is 0. The molecule has 3 aliphatic rings. The average Bonchev–Trinajstić information content (AvgIpc) is 3.02. The average molecular weight is 278 g/mol. The highest BCUT2D eigenvalue weighted by atomic mass is 16.7. The minimum Gasteiger partial charge on any atom is -0.292 e. The Bertz CT molecular complexity index is 504. The zero-order valence-electron chi connectivity index (χ0n) is 12.2. The third-order valence-electron chi connectivity index (χ3n) is 4.37. The molecule has 1 heterocycles. The molecule has 20 heavy (non-hydrogen) atoms. The van der Waals surface area contributed by atoms with E-state index in [0.29, 0.717) is 6.02 Å². The maximum Gasteiger partial charge on any atom is 0.470 e. The van der Waals surface area contributed by atoms with Crippen molar-refractivity contribution in [2.45, 2.75) is 6.42 Å². The molecule has 1 saturated heterocycles. The Balaban J connectivity index is 1.85. The molecule has 3 rings (SSSR count). The number of amides is 2. The van der Waals surface area contributed by atoms with Gasteiger partial charge in [-0.05, 0) is 18.3 Å². The first-order valence-corrected chi connectivity index (χ1v) is 6.87. The van der Waals surface area contributed by atoms with Gasteiger partial charge in [0.05, 0.1) is 40.0 Å². The molecular weight excluding hydrogens is 258 g/mol. The minimum absolute atomic E-state index is 0.196. The highest BCUT2D eigenvalue weighted by Crippen LogP contribution is 2.52. The summed E-state index contributed by atoms with van der Waals surface area (Å²) in [6.45, 7) is 0. The van der Waals surface area contributed by atoms with E-state index in [1.165, 1.54) is 0 Å². The van der Waals surface area contributed by atoms with Crippen LogP contribution < -0.4 is 0 Å². The van der Waals surface area contributed by atoms with Gasteiger partial charge >= 0.3 is 6.02 Å². The summed E-state index contributed by atoms with van der Waals surface area (Å²) in [7, 11) is 7.25. The molecule has 0 unspecified atom stereocenters. The Hall–Kier alpha value is -1.85. The van der Waals surface area contributed by atoms with Crippen molar-refractivity contribution in [1.82, 2.24) is 9.96 Å². The van der Waals surface area contributed by atoms with Gasteiger partial charge in [0.2, 0.25) is 0 Å². The first-order chi connectivity index (χ1) is 9.41. The first kappa shape index (κ1) is 13.1. The van der Waals surface area contributed by atoms with E-state index < -0.39 is 0 Å². The van der Waals surface area contributed by atoms with Gasteiger partial charge < -0.3 is 0 Å². The zero-order valence-corrected chi connectivity index (χ0v) is 12.2. The van der Waals surface area contributed by atoms with Crippen LogP contribution in [0.5, 0.6) is 0 Å². The summed E-state index contributed by atoms with van der Waals surface area (Å²) in [5, 5.41) is 0.969. The molecule has 0 N–H and O–H groups in total. The number of allylic oxidation sites excluding steroid dienone is 2. The quantitative estimate of drug-likeness (QED) is 0.221. The third-order valence-corrected chi connectivity index (χ3v) is 4.37. The summed E-state index contributed by atoms with van der Waals surface area (Å²) < 4.78 is 1.74. The fourth-order valence-electron chi connectivity index (χ4n) is 3.61. The van der Waals surface area contributed by atoms with E-state index in [-0.39, 0.29) is 35.5 Å². The lowest BCUT2D eigenvalue weighted by Gasteiger charge is -2.18. The number of imide groups is 1. The van der Waals surface area contributed by atoms with Crippen LogP contribution in [0.25, 0.3) is 0 Å². The summed E-state index contributed by atoms with van der Waals surface area (Å²) in [4.78, 5) is 32.3. The van der Waals surface area contributed by atoms with Gasteiger partial charge in [-0.15, -0.1) is 0 Å². The molecule has 0 aromatic heterocycles. The van der Waals surface area contributed by atoms with Gasteiger partial charge in [-0.25, -0.2) is 9.48 Å². The molecule has 6 nitrogen and oxygen atoms in total. The number of hydroxylamine groups is 2. The van der Waals surface area contributed by atoms with Crippen LogP contribution in [0.15, 0.2) is 12.2 Å². The smallest absolute Gasteiger partial charge is 0.292 e. The molecule has 2 amide bonds. The molecule has 1 saturated carbocycles. The van der Waals surface area contributed by atoms with Gasteiger partial charge in [0, 0.05) is 0 Å². The van der Waals surface area contributed by atoms with Gasteiger partial charge in [-0.3, -0.25) is 14.4 Å². The lowest BCUT2D eigenvalue weighted by atomic mass is 9.85. The van der Waals surface area contributed by atoms with Crippen molar-refractivity contribution < 1.29 is 19.0 Å². The summed E-state index contributed by atoms with van der Waals surface area (Å²) in [6, 6.07) is 0.465. The highest BCUT2D eigenvalue weighted by Gasteiger charge is 2.61. The van der Waals surface area contributed by atoms with E-state index in [2.05, 4.69) is 12.2 Å². The Kier molecular flexibility index (Phi) is 2.84. The number of nitrogens with zero attached hydrogens (tertiary/aromatic N) is 3. The zero-order chi connectivity index (χ0) is 14.6. The van der Waals surface area contributed by atoms with Crippen LogP contribution >= 0.6 is 0 Å². The number of amidine groups is 1. The number of carbonyl (C=O) groups is 2. The summed E-state index contributed by atoms with van der Waals surface area (Å²) >= 11 is 0. The van der Waals surface area contributed by atoms with Crippen molar-refractivity contribution in [1.29, 1.82) is 0 Å². The molecule has 0 aromatic carbocycles. The van der Waals surface area contributed by atoms with Gasteiger partial charge in [0.25, 0.3) is 11.8 Å². The molecule has 0 aromatic rings. The standard InChI is InChI=1S/C14H20N3O3/c1-15(2)14(16(3)4)20-17-12(18)10-8-5-6-9(7-8)11(10)13(17)19/h5-6,8-11H,7H2,1-4H3/q+1/t8-,9-,10-,11-/m0/s1. The van der Waals surface area contributed by atoms with E-state index in [1.807, 2.05) is 28.2 Å². The molecule has 0 radical (unpaired) electrons. The van der Waals surface area contributed by atoms with Crippen molar-refractivity contribution in [3.8, 4) is 0 Å². The molecule has 1 aliphatic heterocycles. The van der Waals surface area contributed by atoms with E-state index >= 15 is 0 Å². The lowest BCUT2D eigenvalue weighted by molar-refractivity contribution is -0.484. The monoisotopic (exact) mass is 278 g/mol. The van der Waals surface area contributed by atoms with Gasteiger partial charge in [0.15, 0.2) is 0 Å². The predicted octanol–water partition coefficient (Wildman–Crippen LogP) is -0.0852. The predicted molar refractivity (Wildman–Crippen MR) is 71.5 cm³/mol. The second kappa shape index (κ2) is 4.33. The van der Waals surface area contributed by atoms with Crippen molar-refractivity contribution in [3.63, 3.8) is 0 Å². The van der Waals surface area contributed by atoms with Crippen LogP contribution in [-0.2, 0) is 14.4 Å². The van der Waals surface area contributed by atoms with E-state index in [9.17, 15) is 9.59 Å². The molecule has 4 atom stereocenters. The van der Waals surface area contributed by atoms with Crippen molar-refractivity contribution in [2.24, 2.45) is 23.7 Å². The van der Waals surface area contributed by atoms with Crippen LogP contribution in [0.3, 0.4) is 0 Å². The van der Waals surface area contributed by atoms with Gasteiger partial charge in [-0.2, -0.15) is 0 Å². The Labute approximate surface area is 118 Å². The van der Waals surface area contributed by atoms with Crippen LogP contribution in [-0.4, -0.2) is 60.6 Å². The first-order valence-electron chi connectivity index (χ1n) is 6.87. The van der Waals surface area contributed by atoms with E-state index in [1.54, 1.807) is 9.48 Å². The Morgan fingerprint density at radius 1 is 1.20 bits per heavy atom. The van der Waals surface area contributed by atoms with Crippen molar-refractivity contribution >= 4 is 17.8 Å². The number of rotatable bonds is 1. The SMILES string of the molecule is CN(C)C(ON1C(=O)[C@@H]2[C@@H](C1=O)[C@H]1C=C[C@H]2C1)=[N+](C)C. The number of carbonyl (C=O) groups excluding carboxylic acids is 2. The maximum atomic E-state index is 12.5. The summed E-state index contributed by atoms with van der Waals surface area (Å²) in [5.41, 5.74) is 0. The lowest BCUT2D eigenvalue weighted by Crippen LogP contribution is -2.42. The molecule has 2 bridgehead atoms. The summed E-state index contributed by atoms with van der Waals surface area (Å²) in [5.74, 6) is -0.420. The van der Waals surface area contributed by atoms with Crippen LogP contribution in [0.4, 0.5) is 0 Å². The van der Waals surface area contributed by atoms with Gasteiger partial charge in [0.1, 0.15) is 0 Å². The number of hydrogen-bond acceptors (Lipinski definition) is 3. The molecule has 108 valence electrons. The Morgan fingerprint density at radius 2 is 1.70 bits per heavy atom. The largest absolute Gasteiger partial charge is 0.470 e. The fourth-order valence-corrected chi connectivity index (χ4v) is 3.61. The van der Waals surface area contributed by atoms with E-state index in [0.717, 1.165) is 11.5 Å². The van der Waals surface area contributed by atoms with Gasteiger partial charge in [-0.1, -0.05) is 17.2 Å². The van der Waals surface area contributed by atoms with Crippen LogP contribution in [0.2, 0.25) is 0 Å². The van der Waals surface area contributed by atoms with E-state index in [4.69, 9.17) is 4.84 Å². The second-order valence-electron chi connectivity index (χ2n) is 6.13. The normalized spacial score (nSPS) is 33.7. The second-order valence-corrected chi connectivity index (χ2v) is 6.13. The van der Waals surface area contributed by atoms with Crippen LogP contribution in [0.1, 0.15) is 6.42 Å². The molecule has 2 aliphatic carbocycles. The summed E-state index contributed by atoms with van der Waals surface area (Å²) in [6.07, 6.45) is 5.07. The van der Waals surface area contributed by atoms with Crippen molar-refractivity contribution in [3.05, 3.63) is 12.2 Å². The fraction of sp³-hybridized carbons (Fsp3) is 0.643. The number of fused-ring (bicyclic) bond motifs is 5. The molecular formula is C14H20N3O3+. The molecule has 6 heteroatoms. The molecule has 2 fully saturated rings. The minimum atomic E-state index is -0.219. The molecule has 0 spiro atoms. The van der Waals surface area contributed by atoms with Crippen LogP contribution in [0, 0.1) is 23.7 Å². The third kappa shape index (κ3) is 1.67. The van der Waals surface area contributed by atoms with Crippen molar-refractivity contribution in [2.75, 3.05) is 28.2 Å². The maximum absolute atomic E-state index is 12.5. The highest BCUT2D eigenvalue weighted by molar-refractivity contribution is 6.06.